The van der Waals surface area contributed by atoms with Crippen LogP contribution in [0.5, 0.6) is 5.75 Å². The summed E-state index contributed by atoms with van der Waals surface area (Å²) in [6.07, 6.45) is 0.846. The topological polar surface area (TPSA) is 122 Å². The molecular formula is C26H29N3O7. The van der Waals surface area contributed by atoms with E-state index in [1.54, 1.807) is 30.3 Å². The van der Waals surface area contributed by atoms with Gasteiger partial charge in [-0.25, -0.2) is 0 Å². The van der Waals surface area contributed by atoms with E-state index in [-0.39, 0.29) is 23.6 Å². The van der Waals surface area contributed by atoms with E-state index in [1.165, 1.54) is 23.1 Å². The first-order valence-electron chi connectivity index (χ1n) is 12.0. The van der Waals surface area contributed by atoms with Crippen LogP contribution in [0, 0.1) is 10.1 Å². The molecule has 2 aromatic rings. The SMILES string of the molecule is CCCOc1ccc(/C(O)=C2\C(=O)C(=O)N(CCN3CCOCC3)[C@@H]2c2cccc([N+](=O)[O-])c2)cc1. The summed E-state index contributed by atoms with van der Waals surface area (Å²) in [5.74, 6) is -1.28. The highest BCUT2D eigenvalue weighted by atomic mass is 16.6. The number of non-ortho nitro benzene ring substituents is 1. The van der Waals surface area contributed by atoms with Crippen LogP contribution in [0.25, 0.3) is 5.76 Å². The fourth-order valence-electron chi connectivity index (χ4n) is 4.42. The summed E-state index contributed by atoms with van der Waals surface area (Å²) in [4.78, 5) is 40.7. The molecule has 0 bridgehead atoms. The van der Waals surface area contributed by atoms with Gasteiger partial charge < -0.3 is 19.5 Å². The normalized spacial score (nSPS) is 20.0. The van der Waals surface area contributed by atoms with Gasteiger partial charge in [-0.1, -0.05) is 19.1 Å². The Bertz CT molecular complexity index is 1160. The predicted octanol–water partition coefficient (Wildman–Crippen LogP) is 3.14. The van der Waals surface area contributed by atoms with Gasteiger partial charge in [-0.05, 0) is 36.2 Å². The smallest absolute Gasteiger partial charge is 0.295 e. The molecule has 1 N–H and O–H groups in total. The van der Waals surface area contributed by atoms with Crippen molar-refractivity contribution in [3.8, 4) is 5.75 Å². The molecule has 2 fully saturated rings. The summed E-state index contributed by atoms with van der Waals surface area (Å²) < 4.78 is 11.0. The Hall–Kier alpha value is -3.76. The Morgan fingerprint density at radius 3 is 2.53 bits per heavy atom. The molecule has 2 heterocycles. The lowest BCUT2D eigenvalue weighted by atomic mass is 9.95. The number of nitro benzene ring substituents is 1. The van der Waals surface area contributed by atoms with Crippen LogP contribution < -0.4 is 4.74 Å². The van der Waals surface area contributed by atoms with E-state index >= 15 is 0 Å². The molecule has 0 aliphatic carbocycles. The number of carbonyl (C=O) groups is 2. The van der Waals surface area contributed by atoms with Crippen molar-refractivity contribution in [2.75, 3.05) is 46.0 Å². The average molecular weight is 496 g/mol. The van der Waals surface area contributed by atoms with Crippen molar-refractivity contribution in [2.24, 2.45) is 0 Å². The van der Waals surface area contributed by atoms with E-state index in [1.807, 2.05) is 6.92 Å². The number of hydrogen-bond acceptors (Lipinski definition) is 8. The van der Waals surface area contributed by atoms with Crippen molar-refractivity contribution in [1.82, 2.24) is 9.80 Å². The number of nitrogens with zero attached hydrogens (tertiary/aromatic N) is 3. The largest absolute Gasteiger partial charge is 0.507 e. The number of aliphatic hydroxyl groups excluding tert-OH is 1. The number of ether oxygens (including phenoxy) is 2. The number of amides is 1. The van der Waals surface area contributed by atoms with Gasteiger partial charge in [0.1, 0.15) is 11.5 Å². The second-order valence-corrected chi connectivity index (χ2v) is 8.67. The van der Waals surface area contributed by atoms with Crippen LogP contribution in [0.1, 0.15) is 30.5 Å². The molecule has 1 atom stereocenters. The van der Waals surface area contributed by atoms with E-state index in [2.05, 4.69) is 4.90 Å². The third kappa shape index (κ3) is 5.39. The van der Waals surface area contributed by atoms with E-state index < -0.39 is 22.7 Å². The van der Waals surface area contributed by atoms with Gasteiger partial charge in [0.05, 0.1) is 36.4 Å². The molecule has 2 aliphatic rings. The van der Waals surface area contributed by atoms with Crippen LogP contribution in [-0.4, -0.2) is 77.5 Å². The number of aliphatic hydroxyl groups is 1. The molecule has 2 saturated heterocycles. The van der Waals surface area contributed by atoms with Gasteiger partial charge in [0.2, 0.25) is 0 Å². The van der Waals surface area contributed by atoms with E-state index in [9.17, 15) is 24.8 Å². The molecular weight excluding hydrogens is 466 g/mol. The van der Waals surface area contributed by atoms with Gasteiger partial charge in [0.15, 0.2) is 0 Å². The van der Waals surface area contributed by atoms with Crippen molar-refractivity contribution in [3.05, 3.63) is 75.3 Å². The lowest BCUT2D eigenvalue weighted by Crippen LogP contribution is -2.42. The molecule has 2 aromatic carbocycles. The predicted molar refractivity (Wildman–Crippen MR) is 132 cm³/mol. The first-order valence-corrected chi connectivity index (χ1v) is 12.0. The number of Topliss-reactive ketones (excluding diaryl/α,β-unsaturated/α-hetero) is 1. The molecule has 0 unspecified atom stereocenters. The zero-order valence-electron chi connectivity index (χ0n) is 20.1. The Morgan fingerprint density at radius 2 is 1.86 bits per heavy atom. The third-order valence-electron chi connectivity index (χ3n) is 6.30. The molecule has 10 heteroatoms. The molecule has 2 aliphatic heterocycles. The number of hydrogen-bond donors (Lipinski definition) is 1. The fraction of sp³-hybridized carbons (Fsp3) is 0.385. The summed E-state index contributed by atoms with van der Waals surface area (Å²) in [5, 5.41) is 22.6. The number of benzene rings is 2. The van der Waals surface area contributed by atoms with Crippen LogP contribution in [0.4, 0.5) is 5.69 Å². The van der Waals surface area contributed by atoms with Crippen molar-refractivity contribution in [3.63, 3.8) is 0 Å². The van der Waals surface area contributed by atoms with Crippen molar-refractivity contribution < 1.29 is 29.1 Å². The van der Waals surface area contributed by atoms with Gasteiger partial charge in [-0.2, -0.15) is 0 Å². The van der Waals surface area contributed by atoms with Crippen LogP contribution in [-0.2, 0) is 14.3 Å². The summed E-state index contributed by atoms with van der Waals surface area (Å²) in [7, 11) is 0. The maximum Gasteiger partial charge on any atom is 0.295 e. The number of rotatable bonds is 9. The molecule has 1 amide bonds. The van der Waals surface area contributed by atoms with Gasteiger partial charge in [-0.3, -0.25) is 24.6 Å². The third-order valence-corrected chi connectivity index (χ3v) is 6.30. The van der Waals surface area contributed by atoms with Crippen molar-refractivity contribution in [1.29, 1.82) is 0 Å². The minimum Gasteiger partial charge on any atom is -0.507 e. The summed E-state index contributed by atoms with van der Waals surface area (Å²) in [5.41, 5.74) is 0.476. The van der Waals surface area contributed by atoms with Crippen LogP contribution in [0.2, 0.25) is 0 Å². The molecule has 36 heavy (non-hydrogen) atoms. The number of ketones is 1. The number of likely N-dealkylation sites (tertiary alicyclic amines) is 1. The first kappa shape index (κ1) is 25.3. The number of carbonyl (C=O) groups excluding carboxylic acids is 2. The monoisotopic (exact) mass is 495 g/mol. The van der Waals surface area contributed by atoms with Gasteiger partial charge in [0.25, 0.3) is 17.4 Å². The Kier molecular flexibility index (Phi) is 7.97. The summed E-state index contributed by atoms with van der Waals surface area (Å²) >= 11 is 0. The molecule has 0 saturated carbocycles. The summed E-state index contributed by atoms with van der Waals surface area (Å²) in [6.45, 7) is 5.86. The van der Waals surface area contributed by atoms with Gasteiger partial charge in [-0.15, -0.1) is 0 Å². The summed E-state index contributed by atoms with van der Waals surface area (Å²) in [6, 6.07) is 11.5. The lowest BCUT2D eigenvalue weighted by molar-refractivity contribution is -0.384. The minimum atomic E-state index is -0.957. The van der Waals surface area contributed by atoms with Crippen LogP contribution >= 0.6 is 0 Å². The Labute approximate surface area is 208 Å². The first-order chi connectivity index (χ1) is 17.4. The quantitative estimate of drug-likeness (QED) is 0.185. The highest BCUT2D eigenvalue weighted by molar-refractivity contribution is 6.46. The lowest BCUT2D eigenvalue weighted by Gasteiger charge is -2.31. The van der Waals surface area contributed by atoms with E-state index in [4.69, 9.17) is 9.47 Å². The number of nitro groups is 1. The number of morpholine rings is 1. The zero-order chi connectivity index (χ0) is 25.7. The van der Waals surface area contributed by atoms with Gasteiger partial charge >= 0.3 is 0 Å². The molecule has 190 valence electrons. The Morgan fingerprint density at radius 1 is 1.14 bits per heavy atom. The Balaban J connectivity index is 1.72. The van der Waals surface area contributed by atoms with E-state index in [0.29, 0.717) is 56.3 Å². The molecule has 0 radical (unpaired) electrons. The molecule has 10 nitrogen and oxygen atoms in total. The molecule has 0 spiro atoms. The van der Waals surface area contributed by atoms with E-state index in [0.717, 1.165) is 6.42 Å². The average Bonchev–Trinajstić information content (AvgIpc) is 3.16. The highest BCUT2D eigenvalue weighted by Gasteiger charge is 2.46. The van der Waals surface area contributed by atoms with Crippen molar-refractivity contribution >= 4 is 23.1 Å². The minimum absolute atomic E-state index is 0.0929. The van der Waals surface area contributed by atoms with Crippen molar-refractivity contribution in [2.45, 2.75) is 19.4 Å². The standard InChI is InChI=1S/C26H29N3O7/c1-2-14-36-21-8-6-18(7-9-21)24(30)22-23(19-4-3-5-20(17-19)29(33)34)28(26(32)25(22)31)11-10-27-12-15-35-16-13-27/h3-9,17,23,30H,2,10-16H2,1H3/b24-22+/t23-/m1/s1. The van der Waals surface area contributed by atoms with Gasteiger partial charge in [0, 0.05) is 43.9 Å². The maximum atomic E-state index is 13.2. The molecule has 4 rings (SSSR count). The maximum absolute atomic E-state index is 13.2. The van der Waals surface area contributed by atoms with Crippen LogP contribution in [0.15, 0.2) is 54.1 Å². The zero-order valence-corrected chi connectivity index (χ0v) is 20.1. The second-order valence-electron chi connectivity index (χ2n) is 8.67. The highest BCUT2D eigenvalue weighted by Crippen LogP contribution is 2.40. The van der Waals surface area contributed by atoms with Crippen LogP contribution in [0.3, 0.4) is 0 Å². The fourth-order valence-corrected chi connectivity index (χ4v) is 4.42. The molecule has 0 aromatic heterocycles. The second kappa shape index (κ2) is 11.3.